The highest BCUT2D eigenvalue weighted by Crippen LogP contribution is 2.27. The van der Waals surface area contributed by atoms with E-state index in [9.17, 15) is 0 Å². The number of nitrogen functional groups attached to an aromatic ring is 1. The zero-order chi connectivity index (χ0) is 11.8. The molecule has 0 unspecified atom stereocenters. The molecule has 0 radical (unpaired) electrons. The number of aromatic nitrogens is 2. The van der Waals surface area contributed by atoms with Crippen molar-refractivity contribution in [2.45, 2.75) is 18.9 Å². The molecular weight excluding hydrogens is 284 g/mol. The third kappa shape index (κ3) is 2.41. The van der Waals surface area contributed by atoms with Crippen molar-refractivity contribution in [3.05, 3.63) is 22.9 Å². The van der Waals surface area contributed by atoms with Crippen LogP contribution in [0.1, 0.15) is 12.8 Å². The van der Waals surface area contributed by atoms with Crippen molar-refractivity contribution >= 4 is 27.7 Å². The lowest BCUT2D eigenvalue weighted by Gasteiger charge is -2.05. The maximum atomic E-state index is 5.76. The molecule has 0 aromatic carbocycles. The number of hydrogen-bond acceptors (Lipinski definition) is 5. The summed E-state index contributed by atoms with van der Waals surface area (Å²) in [5.74, 6) is 1.67. The van der Waals surface area contributed by atoms with E-state index in [2.05, 4.69) is 31.2 Å². The lowest BCUT2D eigenvalue weighted by atomic mass is 10.3. The van der Waals surface area contributed by atoms with Gasteiger partial charge in [0, 0.05) is 12.1 Å². The van der Waals surface area contributed by atoms with Crippen molar-refractivity contribution in [2.24, 2.45) is 0 Å². The van der Waals surface area contributed by atoms with E-state index in [1.165, 1.54) is 12.8 Å². The molecule has 0 bridgehead atoms. The lowest BCUT2D eigenvalue weighted by molar-refractivity contribution is 0.553. The molecular formula is C11H11BrN4O. The molecule has 0 amide bonds. The number of hydrogen-bond donors (Lipinski definition) is 2. The summed E-state index contributed by atoms with van der Waals surface area (Å²) in [5.41, 5.74) is 6.44. The number of nitrogens with one attached hydrogen (secondary N) is 1. The first-order chi connectivity index (χ1) is 8.20. The average molecular weight is 295 g/mol. The van der Waals surface area contributed by atoms with Gasteiger partial charge in [0.25, 0.3) is 0 Å². The Morgan fingerprint density at radius 2 is 2.18 bits per heavy atom. The van der Waals surface area contributed by atoms with Gasteiger partial charge in [0.1, 0.15) is 11.5 Å². The Labute approximate surface area is 107 Å². The number of furan rings is 1. The molecule has 0 atom stereocenters. The zero-order valence-electron chi connectivity index (χ0n) is 8.98. The smallest absolute Gasteiger partial charge is 0.225 e. The topological polar surface area (TPSA) is 77.0 Å². The Kier molecular flexibility index (Phi) is 2.51. The van der Waals surface area contributed by atoms with E-state index < -0.39 is 0 Å². The van der Waals surface area contributed by atoms with Crippen molar-refractivity contribution in [3.8, 4) is 11.5 Å². The minimum atomic E-state index is 0.436. The Balaban J connectivity index is 1.95. The third-order valence-electron chi connectivity index (χ3n) is 2.48. The van der Waals surface area contributed by atoms with Crippen LogP contribution in [-0.2, 0) is 0 Å². The first-order valence-electron chi connectivity index (χ1n) is 5.37. The normalized spacial score (nSPS) is 14.9. The van der Waals surface area contributed by atoms with Gasteiger partial charge in [-0.3, -0.25) is 0 Å². The molecule has 0 spiro atoms. The summed E-state index contributed by atoms with van der Waals surface area (Å²) in [4.78, 5) is 8.53. The molecule has 1 aliphatic carbocycles. The first-order valence-corrected chi connectivity index (χ1v) is 6.17. The van der Waals surface area contributed by atoms with Gasteiger partial charge < -0.3 is 15.5 Å². The van der Waals surface area contributed by atoms with Crippen molar-refractivity contribution < 1.29 is 4.42 Å². The van der Waals surface area contributed by atoms with E-state index in [1.807, 2.05) is 12.1 Å². The minimum Gasteiger partial charge on any atom is -0.448 e. The van der Waals surface area contributed by atoms with Crippen molar-refractivity contribution in [2.75, 3.05) is 11.1 Å². The van der Waals surface area contributed by atoms with Gasteiger partial charge in [-0.15, -0.1) is 0 Å². The predicted octanol–water partition coefficient (Wildman–Crippen LogP) is 2.66. The van der Waals surface area contributed by atoms with Crippen LogP contribution in [0, 0.1) is 0 Å². The van der Waals surface area contributed by atoms with Crippen LogP contribution >= 0.6 is 15.9 Å². The number of rotatable bonds is 3. The summed E-state index contributed by atoms with van der Waals surface area (Å²) in [6.07, 6.45) is 2.33. The van der Waals surface area contributed by atoms with Crippen LogP contribution in [0.25, 0.3) is 11.5 Å². The number of anilines is 2. The van der Waals surface area contributed by atoms with Crippen molar-refractivity contribution in [3.63, 3.8) is 0 Å². The maximum Gasteiger partial charge on any atom is 0.225 e. The Hall–Kier alpha value is -1.56. The molecule has 1 saturated carbocycles. The molecule has 3 rings (SSSR count). The van der Waals surface area contributed by atoms with Crippen LogP contribution in [0.15, 0.2) is 27.3 Å². The molecule has 1 fully saturated rings. The highest BCUT2D eigenvalue weighted by molar-refractivity contribution is 9.10. The maximum absolute atomic E-state index is 5.76. The summed E-state index contributed by atoms with van der Waals surface area (Å²) in [6.45, 7) is 0. The predicted molar refractivity (Wildman–Crippen MR) is 68.5 cm³/mol. The van der Waals surface area contributed by atoms with Crippen LogP contribution < -0.4 is 11.1 Å². The van der Waals surface area contributed by atoms with Crippen LogP contribution in [0.2, 0.25) is 0 Å². The van der Waals surface area contributed by atoms with E-state index in [0.717, 1.165) is 0 Å². The molecule has 3 N–H and O–H groups in total. The molecule has 0 aliphatic heterocycles. The van der Waals surface area contributed by atoms with Crippen LogP contribution in [0.5, 0.6) is 0 Å². The Morgan fingerprint density at radius 3 is 2.82 bits per heavy atom. The molecule has 5 nitrogen and oxygen atoms in total. The van der Waals surface area contributed by atoms with Gasteiger partial charge >= 0.3 is 0 Å². The molecule has 2 aromatic rings. The minimum absolute atomic E-state index is 0.436. The van der Waals surface area contributed by atoms with E-state index in [4.69, 9.17) is 10.2 Å². The van der Waals surface area contributed by atoms with Gasteiger partial charge in [0.15, 0.2) is 10.4 Å². The molecule has 0 saturated heterocycles. The van der Waals surface area contributed by atoms with E-state index in [-0.39, 0.29) is 0 Å². The van der Waals surface area contributed by atoms with E-state index in [1.54, 1.807) is 6.07 Å². The highest BCUT2D eigenvalue weighted by Gasteiger charge is 2.22. The van der Waals surface area contributed by atoms with E-state index in [0.29, 0.717) is 33.9 Å². The summed E-state index contributed by atoms with van der Waals surface area (Å²) in [5, 5.41) is 3.22. The lowest BCUT2D eigenvalue weighted by Crippen LogP contribution is -2.07. The zero-order valence-corrected chi connectivity index (χ0v) is 10.6. The standard InChI is InChI=1S/C11H11BrN4O/c12-9-4-3-8(17-9)7-5-10(13)16-11(15-7)14-6-1-2-6/h3-6H,1-2H2,(H3,13,14,15,16). The quantitative estimate of drug-likeness (QED) is 0.910. The van der Waals surface area contributed by atoms with Gasteiger partial charge in [-0.1, -0.05) is 0 Å². The summed E-state index contributed by atoms with van der Waals surface area (Å²) in [6, 6.07) is 5.85. The van der Waals surface area contributed by atoms with Crippen LogP contribution in [0.3, 0.4) is 0 Å². The fraction of sp³-hybridized carbons (Fsp3) is 0.273. The number of nitrogens with two attached hydrogens (primary N) is 1. The van der Waals surface area contributed by atoms with Gasteiger partial charge in [-0.05, 0) is 40.9 Å². The number of halogens is 1. The summed E-state index contributed by atoms with van der Waals surface area (Å²) < 4.78 is 6.11. The molecule has 88 valence electrons. The largest absolute Gasteiger partial charge is 0.448 e. The monoisotopic (exact) mass is 294 g/mol. The molecule has 2 aromatic heterocycles. The van der Waals surface area contributed by atoms with Crippen molar-refractivity contribution in [1.29, 1.82) is 0 Å². The number of nitrogens with zero attached hydrogens (tertiary/aromatic N) is 2. The fourth-order valence-electron chi connectivity index (χ4n) is 1.52. The van der Waals surface area contributed by atoms with Gasteiger partial charge in [-0.25, -0.2) is 4.98 Å². The molecule has 17 heavy (non-hydrogen) atoms. The average Bonchev–Trinajstić information content (AvgIpc) is 2.97. The van der Waals surface area contributed by atoms with Gasteiger partial charge in [0.05, 0.1) is 0 Å². The SMILES string of the molecule is Nc1cc(-c2ccc(Br)o2)nc(NC2CC2)n1. The third-order valence-corrected chi connectivity index (χ3v) is 2.91. The second kappa shape index (κ2) is 4.03. The van der Waals surface area contributed by atoms with Crippen molar-refractivity contribution in [1.82, 2.24) is 9.97 Å². The molecule has 1 aliphatic rings. The second-order valence-corrected chi connectivity index (χ2v) is 4.81. The summed E-state index contributed by atoms with van der Waals surface area (Å²) in [7, 11) is 0. The Bertz CT molecular complexity index is 550. The second-order valence-electron chi connectivity index (χ2n) is 4.02. The first kappa shape index (κ1) is 10.6. The summed E-state index contributed by atoms with van der Waals surface area (Å²) >= 11 is 3.26. The van der Waals surface area contributed by atoms with Gasteiger partial charge in [0.2, 0.25) is 5.95 Å². The fourth-order valence-corrected chi connectivity index (χ4v) is 1.83. The molecule has 2 heterocycles. The van der Waals surface area contributed by atoms with Gasteiger partial charge in [-0.2, -0.15) is 4.98 Å². The molecule has 6 heteroatoms. The van der Waals surface area contributed by atoms with Crippen LogP contribution in [-0.4, -0.2) is 16.0 Å². The Morgan fingerprint density at radius 1 is 1.35 bits per heavy atom. The van der Waals surface area contributed by atoms with Crippen LogP contribution in [0.4, 0.5) is 11.8 Å². The highest BCUT2D eigenvalue weighted by atomic mass is 79.9. The van der Waals surface area contributed by atoms with E-state index >= 15 is 0 Å².